The Balaban J connectivity index is 1.73. The third-order valence-electron chi connectivity index (χ3n) is 5.41. The van der Waals surface area contributed by atoms with Crippen molar-refractivity contribution in [2.75, 3.05) is 0 Å². The summed E-state index contributed by atoms with van der Waals surface area (Å²) in [5.41, 5.74) is 0. The molecule has 0 aliphatic carbocycles. The molecule has 2 aromatic heterocycles. The van der Waals surface area contributed by atoms with Crippen molar-refractivity contribution in [1.82, 2.24) is 0 Å². The zero-order chi connectivity index (χ0) is 19.2. The molecule has 0 aliphatic rings. The van der Waals surface area contributed by atoms with Gasteiger partial charge in [-0.05, 0) is 45.8 Å². The molecular formula is C26H18S3. The van der Waals surface area contributed by atoms with Gasteiger partial charge in [-0.25, -0.2) is 0 Å². The molecule has 0 N–H and O–H groups in total. The minimum Gasteiger partial charge on any atom is -0.169 e. The van der Waals surface area contributed by atoms with Crippen LogP contribution in [0.2, 0.25) is 0 Å². The third-order valence-corrected chi connectivity index (χ3v) is 10.2. The molecule has 0 amide bonds. The predicted molar refractivity (Wildman–Crippen MR) is 131 cm³/mol. The van der Waals surface area contributed by atoms with Crippen molar-refractivity contribution in [2.45, 2.75) is 14.7 Å². The average molecular weight is 427 g/mol. The molecule has 6 rings (SSSR count). The van der Waals surface area contributed by atoms with Crippen molar-refractivity contribution < 1.29 is 0 Å². The van der Waals surface area contributed by atoms with Crippen LogP contribution in [0.5, 0.6) is 0 Å². The largest absolute Gasteiger partial charge is 0.169 e. The molecule has 0 fully saturated rings. The van der Waals surface area contributed by atoms with Crippen molar-refractivity contribution in [2.24, 2.45) is 0 Å². The van der Waals surface area contributed by atoms with E-state index in [9.17, 15) is 0 Å². The van der Waals surface area contributed by atoms with Crippen LogP contribution in [0.3, 0.4) is 0 Å². The highest BCUT2D eigenvalue weighted by molar-refractivity contribution is 8.17. The normalized spacial score (nSPS) is 13.3. The zero-order valence-electron chi connectivity index (χ0n) is 15.6. The molecule has 6 aromatic rings. The van der Waals surface area contributed by atoms with E-state index in [0.717, 1.165) is 0 Å². The van der Waals surface area contributed by atoms with Gasteiger partial charge in [-0.2, -0.15) is 10.9 Å². The van der Waals surface area contributed by atoms with E-state index in [2.05, 4.69) is 102 Å². The second-order valence-electron chi connectivity index (χ2n) is 7.07. The van der Waals surface area contributed by atoms with Gasteiger partial charge in [0.2, 0.25) is 0 Å². The minimum atomic E-state index is -0.662. The van der Waals surface area contributed by atoms with Gasteiger partial charge in [0.05, 0.1) is 0 Å². The first-order chi connectivity index (χ1) is 14.4. The van der Waals surface area contributed by atoms with Crippen LogP contribution >= 0.6 is 33.6 Å². The Bertz CT molecular complexity index is 1470. The summed E-state index contributed by atoms with van der Waals surface area (Å²) in [5.74, 6) is 0. The number of benzene rings is 4. The highest BCUT2D eigenvalue weighted by Gasteiger charge is 2.21. The first kappa shape index (κ1) is 17.3. The van der Waals surface area contributed by atoms with Gasteiger partial charge in [0.1, 0.15) is 0 Å². The number of hydrogen-bond acceptors (Lipinski definition) is 2. The van der Waals surface area contributed by atoms with E-state index < -0.39 is 10.9 Å². The third kappa shape index (κ3) is 2.81. The van der Waals surface area contributed by atoms with Gasteiger partial charge in [-0.3, -0.25) is 0 Å². The zero-order valence-corrected chi connectivity index (χ0v) is 18.1. The quantitative estimate of drug-likeness (QED) is 0.269. The highest BCUT2D eigenvalue weighted by Crippen LogP contribution is 2.58. The molecule has 0 aliphatic heterocycles. The molecule has 0 spiro atoms. The van der Waals surface area contributed by atoms with Crippen LogP contribution in [0.1, 0.15) is 0 Å². The monoisotopic (exact) mass is 426 g/mol. The second-order valence-corrected chi connectivity index (χ2v) is 11.0. The van der Waals surface area contributed by atoms with Crippen molar-refractivity contribution in [3.8, 4) is 0 Å². The minimum absolute atomic E-state index is 0.662. The fourth-order valence-electron chi connectivity index (χ4n) is 4.08. The van der Waals surface area contributed by atoms with Gasteiger partial charge in [0.25, 0.3) is 0 Å². The van der Waals surface area contributed by atoms with E-state index in [1.165, 1.54) is 45.6 Å². The summed E-state index contributed by atoms with van der Waals surface area (Å²) in [5, 5.41) is 10.0. The van der Waals surface area contributed by atoms with Crippen LogP contribution in [0.4, 0.5) is 0 Å². The van der Waals surface area contributed by atoms with E-state index in [-0.39, 0.29) is 0 Å². The van der Waals surface area contributed by atoms with Crippen molar-refractivity contribution in [3.63, 3.8) is 0 Å². The van der Waals surface area contributed by atoms with Gasteiger partial charge in [0, 0.05) is 34.9 Å². The molecule has 0 bridgehead atoms. The standard InChI is InChI=1S/C26H18S3/c1-2-10-20-18(7-1)8-5-13-23(20)29(24-14-6-9-19-15-16-27-26(19)24)25-17-28-22-12-4-3-11-21(22)25/h1-17,29H. The molecule has 0 saturated carbocycles. The Morgan fingerprint density at radius 3 is 2.17 bits per heavy atom. The number of rotatable bonds is 3. The van der Waals surface area contributed by atoms with Gasteiger partial charge in [-0.15, -0.1) is 22.7 Å². The van der Waals surface area contributed by atoms with Crippen molar-refractivity contribution >= 4 is 64.5 Å². The van der Waals surface area contributed by atoms with E-state index in [4.69, 9.17) is 0 Å². The molecular weight excluding hydrogens is 408 g/mol. The molecule has 2 heterocycles. The fraction of sp³-hybridized carbons (Fsp3) is 0. The summed E-state index contributed by atoms with van der Waals surface area (Å²) in [6.07, 6.45) is 0. The first-order valence-electron chi connectivity index (χ1n) is 9.60. The topological polar surface area (TPSA) is 0 Å². The van der Waals surface area contributed by atoms with Crippen LogP contribution in [0.15, 0.2) is 116 Å². The summed E-state index contributed by atoms with van der Waals surface area (Å²) in [6, 6.07) is 33.5. The Morgan fingerprint density at radius 1 is 0.517 bits per heavy atom. The maximum atomic E-state index is 2.39. The number of thiol groups is 1. The molecule has 140 valence electrons. The lowest BCUT2D eigenvalue weighted by Gasteiger charge is -2.25. The smallest absolute Gasteiger partial charge is 0.0467 e. The molecule has 1 atom stereocenters. The maximum Gasteiger partial charge on any atom is 0.0467 e. The van der Waals surface area contributed by atoms with Gasteiger partial charge >= 0.3 is 0 Å². The summed E-state index contributed by atoms with van der Waals surface area (Å²) < 4.78 is 2.79. The summed E-state index contributed by atoms with van der Waals surface area (Å²) in [7, 11) is -0.662. The van der Waals surface area contributed by atoms with Gasteiger partial charge in [0.15, 0.2) is 0 Å². The molecule has 0 nitrogen and oxygen atoms in total. The maximum absolute atomic E-state index is 2.39. The lowest BCUT2D eigenvalue weighted by Crippen LogP contribution is -1.90. The molecule has 0 radical (unpaired) electrons. The molecule has 0 saturated heterocycles. The Kier molecular flexibility index (Phi) is 4.19. The fourth-order valence-corrected chi connectivity index (χ4v) is 9.27. The first-order valence-corrected chi connectivity index (χ1v) is 12.7. The van der Waals surface area contributed by atoms with Gasteiger partial charge < -0.3 is 0 Å². The van der Waals surface area contributed by atoms with Crippen molar-refractivity contribution in [1.29, 1.82) is 0 Å². The lowest BCUT2D eigenvalue weighted by molar-refractivity contribution is 1.44. The van der Waals surface area contributed by atoms with Crippen LogP contribution < -0.4 is 0 Å². The summed E-state index contributed by atoms with van der Waals surface area (Å²) in [4.78, 5) is 4.38. The Morgan fingerprint density at radius 2 is 1.24 bits per heavy atom. The van der Waals surface area contributed by atoms with E-state index >= 15 is 0 Å². The van der Waals surface area contributed by atoms with E-state index in [0.29, 0.717) is 0 Å². The van der Waals surface area contributed by atoms with Crippen LogP contribution in [-0.4, -0.2) is 0 Å². The SMILES string of the molecule is c1ccc2c([SH](c3csc4ccccc34)c3cccc4ccsc34)cccc2c1. The number of hydrogen-bond donors (Lipinski definition) is 1. The predicted octanol–water partition coefficient (Wildman–Crippen LogP) is 8.75. The van der Waals surface area contributed by atoms with E-state index in [1.807, 2.05) is 22.7 Å². The van der Waals surface area contributed by atoms with Crippen LogP contribution in [0.25, 0.3) is 30.9 Å². The average Bonchev–Trinajstić information content (AvgIpc) is 3.42. The highest BCUT2D eigenvalue weighted by atomic mass is 32.2. The van der Waals surface area contributed by atoms with E-state index in [1.54, 1.807) is 0 Å². The second kappa shape index (κ2) is 7.03. The molecule has 29 heavy (non-hydrogen) atoms. The number of thiophene rings is 2. The lowest BCUT2D eigenvalue weighted by atomic mass is 10.1. The van der Waals surface area contributed by atoms with Crippen molar-refractivity contribution in [3.05, 3.63) is 102 Å². The Hall–Kier alpha value is -2.59. The Labute approximate surface area is 180 Å². The number of fused-ring (bicyclic) bond motifs is 3. The molecule has 1 unspecified atom stereocenters. The molecule has 3 heteroatoms. The van der Waals surface area contributed by atoms with Crippen LogP contribution in [0, 0.1) is 0 Å². The van der Waals surface area contributed by atoms with Gasteiger partial charge in [-0.1, -0.05) is 66.7 Å². The van der Waals surface area contributed by atoms with Crippen LogP contribution in [-0.2, 0) is 0 Å². The molecule has 4 aromatic carbocycles. The summed E-state index contributed by atoms with van der Waals surface area (Å²) in [6.45, 7) is 0. The summed E-state index contributed by atoms with van der Waals surface area (Å²) >= 11 is 3.73.